The van der Waals surface area contributed by atoms with E-state index in [2.05, 4.69) is 6.92 Å². The highest BCUT2D eigenvalue weighted by Gasteiger charge is 2.33. The molecular formula is C17H31F3Si. The Morgan fingerprint density at radius 2 is 1.48 bits per heavy atom. The lowest BCUT2D eigenvalue weighted by Gasteiger charge is -2.37. The predicted molar refractivity (Wildman–Crippen MR) is 85.3 cm³/mol. The van der Waals surface area contributed by atoms with Crippen molar-refractivity contribution in [2.75, 3.05) is 0 Å². The number of alkyl halides is 3. The van der Waals surface area contributed by atoms with Crippen LogP contribution in [0.4, 0.5) is 13.2 Å². The Balaban J connectivity index is 1.65. The Morgan fingerprint density at radius 1 is 0.905 bits per heavy atom. The van der Waals surface area contributed by atoms with Gasteiger partial charge in [0, 0.05) is 15.2 Å². The molecule has 124 valence electrons. The van der Waals surface area contributed by atoms with Gasteiger partial charge in [-0.15, -0.1) is 0 Å². The molecule has 0 nitrogen and oxygen atoms in total. The minimum atomic E-state index is -3.96. The Hall–Kier alpha value is 0.00688. The Labute approximate surface area is 129 Å². The minimum Gasteiger partial charge on any atom is -0.171 e. The van der Waals surface area contributed by atoms with E-state index in [1.807, 2.05) is 0 Å². The smallest absolute Gasteiger partial charge is 0.171 e. The Bertz CT molecular complexity index is 287. The van der Waals surface area contributed by atoms with E-state index in [9.17, 15) is 13.2 Å². The molecule has 21 heavy (non-hydrogen) atoms. The maximum Gasteiger partial charge on any atom is 0.389 e. The van der Waals surface area contributed by atoms with Crippen LogP contribution in [0.15, 0.2) is 0 Å². The average Bonchev–Trinajstić information content (AvgIpc) is 2.46. The van der Waals surface area contributed by atoms with Crippen molar-refractivity contribution in [1.82, 2.24) is 0 Å². The normalized spacial score (nSPS) is 34.9. The minimum absolute atomic E-state index is 0.341. The van der Waals surface area contributed by atoms with Gasteiger partial charge in [0.05, 0.1) is 0 Å². The van der Waals surface area contributed by atoms with E-state index in [0.29, 0.717) is 12.3 Å². The summed E-state index contributed by atoms with van der Waals surface area (Å²) in [7, 11) is -0.387. The first-order chi connectivity index (χ1) is 9.98. The van der Waals surface area contributed by atoms with Crippen molar-refractivity contribution in [3.8, 4) is 0 Å². The predicted octanol–water partition coefficient (Wildman–Crippen LogP) is 6.18. The highest BCUT2D eigenvalue weighted by molar-refractivity contribution is 6.58. The van der Waals surface area contributed by atoms with Crippen molar-refractivity contribution in [3.63, 3.8) is 0 Å². The van der Waals surface area contributed by atoms with E-state index >= 15 is 0 Å². The SMILES string of the molecule is CCC[Si@H]1CC[C@H](C2CCC(CCC(F)(F)F)CC2)CC1. The first-order valence-corrected chi connectivity index (χ1v) is 11.5. The van der Waals surface area contributed by atoms with Crippen LogP contribution in [-0.4, -0.2) is 15.0 Å². The zero-order chi connectivity index (χ0) is 15.3. The van der Waals surface area contributed by atoms with Gasteiger partial charge in [-0.05, 0) is 37.0 Å². The molecule has 0 bridgehead atoms. The van der Waals surface area contributed by atoms with Crippen LogP contribution in [0.5, 0.6) is 0 Å². The molecule has 2 rings (SSSR count). The molecule has 1 aliphatic heterocycles. The molecule has 4 heteroatoms. The van der Waals surface area contributed by atoms with Crippen molar-refractivity contribution in [3.05, 3.63) is 0 Å². The van der Waals surface area contributed by atoms with Crippen LogP contribution < -0.4 is 0 Å². The average molecular weight is 321 g/mol. The third-order valence-corrected chi connectivity index (χ3v) is 9.68. The second-order valence-electron chi connectivity index (χ2n) is 7.50. The van der Waals surface area contributed by atoms with Crippen LogP contribution in [0.2, 0.25) is 18.1 Å². The van der Waals surface area contributed by atoms with Crippen molar-refractivity contribution in [2.45, 2.75) is 89.0 Å². The molecule has 0 spiro atoms. The van der Waals surface area contributed by atoms with Crippen LogP contribution in [-0.2, 0) is 0 Å². The monoisotopic (exact) mass is 320 g/mol. The third kappa shape index (κ3) is 5.95. The van der Waals surface area contributed by atoms with Gasteiger partial charge in [0.1, 0.15) is 0 Å². The molecule has 1 saturated carbocycles. The van der Waals surface area contributed by atoms with Crippen LogP contribution >= 0.6 is 0 Å². The highest BCUT2D eigenvalue weighted by atomic mass is 28.3. The fraction of sp³-hybridized carbons (Fsp3) is 1.00. The van der Waals surface area contributed by atoms with Gasteiger partial charge in [-0.2, -0.15) is 13.2 Å². The Morgan fingerprint density at radius 3 is 2.00 bits per heavy atom. The number of hydrogen-bond donors (Lipinski definition) is 0. The fourth-order valence-corrected chi connectivity index (χ4v) is 8.15. The van der Waals surface area contributed by atoms with Crippen LogP contribution in [0, 0.1) is 17.8 Å². The van der Waals surface area contributed by atoms with E-state index in [1.165, 1.54) is 50.2 Å². The van der Waals surface area contributed by atoms with Crippen LogP contribution in [0.25, 0.3) is 0 Å². The van der Waals surface area contributed by atoms with E-state index < -0.39 is 12.6 Å². The zero-order valence-corrected chi connectivity index (χ0v) is 14.6. The summed E-state index contributed by atoms with van der Waals surface area (Å²) >= 11 is 0. The van der Waals surface area contributed by atoms with E-state index in [-0.39, 0.29) is 8.80 Å². The molecule has 1 aliphatic carbocycles. The summed E-state index contributed by atoms with van der Waals surface area (Å²) in [6, 6.07) is 4.59. The van der Waals surface area contributed by atoms with Gasteiger partial charge in [0.15, 0.2) is 0 Å². The maximum atomic E-state index is 12.3. The molecule has 0 aromatic carbocycles. The third-order valence-electron chi connectivity index (χ3n) is 5.98. The summed E-state index contributed by atoms with van der Waals surface area (Å²) in [6.07, 6.45) is 4.58. The first-order valence-electron chi connectivity index (χ1n) is 9.04. The van der Waals surface area contributed by atoms with Crippen LogP contribution in [0.1, 0.15) is 64.7 Å². The number of rotatable bonds is 5. The summed E-state index contributed by atoms with van der Waals surface area (Å²) < 4.78 is 36.8. The number of halogens is 3. The molecule has 0 radical (unpaired) electrons. The van der Waals surface area contributed by atoms with Gasteiger partial charge < -0.3 is 0 Å². The summed E-state index contributed by atoms with van der Waals surface area (Å²) in [5.41, 5.74) is 0. The lowest BCUT2D eigenvalue weighted by molar-refractivity contribution is -0.138. The van der Waals surface area contributed by atoms with Crippen LogP contribution in [0.3, 0.4) is 0 Å². The van der Waals surface area contributed by atoms with Gasteiger partial charge in [0.2, 0.25) is 0 Å². The summed E-state index contributed by atoms with van der Waals surface area (Å²) in [6.45, 7) is 2.31. The lowest BCUT2D eigenvalue weighted by atomic mass is 9.73. The van der Waals surface area contributed by atoms with Gasteiger partial charge in [-0.1, -0.05) is 57.2 Å². The van der Waals surface area contributed by atoms with E-state index in [1.54, 1.807) is 0 Å². The van der Waals surface area contributed by atoms with Crippen molar-refractivity contribution < 1.29 is 13.2 Å². The topological polar surface area (TPSA) is 0 Å². The van der Waals surface area contributed by atoms with Crippen molar-refractivity contribution >= 4 is 8.80 Å². The lowest BCUT2D eigenvalue weighted by Crippen LogP contribution is -2.28. The molecule has 2 aliphatic rings. The van der Waals surface area contributed by atoms with Crippen molar-refractivity contribution in [1.29, 1.82) is 0 Å². The highest BCUT2D eigenvalue weighted by Crippen LogP contribution is 2.42. The molecule has 0 amide bonds. The Kier molecular flexibility index (Phi) is 6.64. The second-order valence-corrected chi connectivity index (χ2v) is 11.0. The molecule has 0 aromatic heterocycles. The van der Waals surface area contributed by atoms with Gasteiger partial charge in [-0.3, -0.25) is 0 Å². The molecule has 2 fully saturated rings. The summed E-state index contributed by atoms with van der Waals surface area (Å²) in [4.78, 5) is 0. The quantitative estimate of drug-likeness (QED) is 0.530. The molecule has 0 N–H and O–H groups in total. The number of hydrogen-bond acceptors (Lipinski definition) is 0. The standard InChI is InChI=1S/C17H31F3Si/c1-2-11-21-12-8-16(9-13-21)15-5-3-14(4-6-15)7-10-17(18,19)20/h14-16,21H,2-13H2,1H3/t14?,15?,16-,21-. The van der Waals surface area contributed by atoms with E-state index in [0.717, 1.165) is 24.7 Å². The summed E-state index contributed by atoms with van der Waals surface area (Å²) in [5, 5.41) is 0. The fourth-order valence-electron chi connectivity index (χ4n) is 4.67. The van der Waals surface area contributed by atoms with Gasteiger partial charge >= 0.3 is 6.18 Å². The first kappa shape index (κ1) is 17.4. The summed E-state index contributed by atoms with van der Waals surface area (Å²) in [5.74, 6) is 2.09. The largest absolute Gasteiger partial charge is 0.389 e. The van der Waals surface area contributed by atoms with Crippen molar-refractivity contribution in [2.24, 2.45) is 17.8 Å². The van der Waals surface area contributed by atoms with Gasteiger partial charge in [-0.25, -0.2) is 0 Å². The maximum absolute atomic E-state index is 12.3. The second kappa shape index (κ2) is 8.03. The molecule has 1 heterocycles. The molecule has 1 saturated heterocycles. The van der Waals surface area contributed by atoms with E-state index in [4.69, 9.17) is 0 Å². The molecule has 0 aromatic rings. The molecule has 0 unspecified atom stereocenters. The molecule has 0 atom stereocenters. The molecular weight excluding hydrogens is 289 g/mol. The zero-order valence-electron chi connectivity index (χ0n) is 13.4. The van der Waals surface area contributed by atoms with Gasteiger partial charge in [0.25, 0.3) is 0 Å².